The van der Waals surface area contributed by atoms with Crippen LogP contribution < -0.4 is 10.2 Å². The lowest BCUT2D eigenvalue weighted by atomic mass is 10.2. The van der Waals surface area contributed by atoms with Crippen molar-refractivity contribution < 1.29 is 19.4 Å². The van der Waals surface area contributed by atoms with E-state index in [-0.39, 0.29) is 19.0 Å². The van der Waals surface area contributed by atoms with Gasteiger partial charge in [-0.2, -0.15) is 0 Å². The summed E-state index contributed by atoms with van der Waals surface area (Å²) in [5, 5.41) is 12.0. The molecule has 1 aliphatic rings. The molecule has 7 heteroatoms. The molecule has 0 spiro atoms. The van der Waals surface area contributed by atoms with Gasteiger partial charge in [0.15, 0.2) is 0 Å². The number of nitrogens with one attached hydrogen (secondary N) is 1. The molecule has 1 fully saturated rings. The van der Waals surface area contributed by atoms with E-state index in [0.29, 0.717) is 11.4 Å². The van der Waals surface area contributed by atoms with Gasteiger partial charge in [0.25, 0.3) is 0 Å². The van der Waals surface area contributed by atoms with Gasteiger partial charge in [-0.05, 0) is 29.8 Å². The fraction of sp³-hybridized carbons (Fsp3) is 0.333. The molecule has 2 aromatic rings. The molecule has 2 aromatic carbocycles. The van der Waals surface area contributed by atoms with Gasteiger partial charge in [-0.15, -0.1) is 0 Å². The van der Waals surface area contributed by atoms with Crippen LogP contribution in [0.3, 0.4) is 0 Å². The zero-order valence-corrected chi connectivity index (χ0v) is 15.7. The Bertz CT molecular complexity index is 774. The van der Waals surface area contributed by atoms with Gasteiger partial charge in [-0.25, -0.2) is 0 Å². The normalized spacial score (nSPS) is 14.4. The summed E-state index contributed by atoms with van der Waals surface area (Å²) in [5.41, 5.74) is 2.57. The molecule has 28 heavy (non-hydrogen) atoms. The second kappa shape index (κ2) is 9.87. The lowest BCUT2D eigenvalue weighted by molar-refractivity contribution is -0.135. The smallest absolute Gasteiger partial charge is 0.323 e. The second-order valence-corrected chi connectivity index (χ2v) is 6.72. The highest BCUT2D eigenvalue weighted by atomic mass is 16.5. The lowest BCUT2D eigenvalue weighted by Gasteiger charge is -2.26. The summed E-state index contributed by atoms with van der Waals surface area (Å²) >= 11 is 0. The minimum atomic E-state index is -0.982. The highest BCUT2D eigenvalue weighted by molar-refractivity contribution is 5.94. The van der Waals surface area contributed by atoms with Crippen molar-refractivity contribution in [3.05, 3.63) is 60.2 Å². The van der Waals surface area contributed by atoms with Crippen LogP contribution >= 0.6 is 0 Å². The molecule has 1 amide bonds. The van der Waals surface area contributed by atoms with Crippen molar-refractivity contribution in [1.82, 2.24) is 4.90 Å². The number of para-hydroxylation sites is 1. The predicted octanol–water partition coefficient (Wildman–Crippen LogP) is 2.05. The number of carbonyl (C=O) groups is 2. The van der Waals surface area contributed by atoms with Gasteiger partial charge in [0.1, 0.15) is 6.54 Å². The molecular formula is C21H25N3O4. The highest BCUT2D eigenvalue weighted by Gasteiger charge is 2.15. The number of morpholine rings is 1. The SMILES string of the molecule is O=C(O)CN(CC(=O)Nc1ccc(CN2CCOCC2)cc1)c1ccccc1. The Kier molecular flexibility index (Phi) is 7.00. The minimum Gasteiger partial charge on any atom is -0.480 e. The molecule has 0 unspecified atom stereocenters. The third-order valence-corrected chi connectivity index (χ3v) is 4.53. The van der Waals surface area contributed by atoms with Gasteiger partial charge in [-0.1, -0.05) is 30.3 Å². The van der Waals surface area contributed by atoms with E-state index in [9.17, 15) is 9.59 Å². The van der Waals surface area contributed by atoms with E-state index in [1.54, 1.807) is 12.1 Å². The average molecular weight is 383 g/mol. The largest absolute Gasteiger partial charge is 0.480 e. The standard InChI is InChI=1S/C21H25N3O4/c25-20(15-24(16-21(26)27)19-4-2-1-3-5-19)22-18-8-6-17(7-9-18)14-23-10-12-28-13-11-23/h1-9H,10-16H2,(H,22,25)(H,26,27). The molecule has 0 aliphatic carbocycles. The quantitative estimate of drug-likeness (QED) is 0.726. The van der Waals surface area contributed by atoms with Gasteiger partial charge in [0.2, 0.25) is 5.91 Å². The molecule has 2 N–H and O–H groups in total. The summed E-state index contributed by atoms with van der Waals surface area (Å²) in [5.74, 6) is -1.24. The monoisotopic (exact) mass is 383 g/mol. The molecule has 1 heterocycles. The molecule has 7 nitrogen and oxygen atoms in total. The van der Waals surface area contributed by atoms with Crippen molar-refractivity contribution >= 4 is 23.3 Å². The molecule has 3 rings (SSSR count). The Balaban J connectivity index is 1.56. The molecule has 0 atom stereocenters. The molecule has 0 radical (unpaired) electrons. The molecule has 0 saturated carbocycles. The third-order valence-electron chi connectivity index (χ3n) is 4.53. The van der Waals surface area contributed by atoms with E-state index >= 15 is 0 Å². The Morgan fingerprint density at radius 1 is 1.00 bits per heavy atom. The molecule has 148 valence electrons. The Morgan fingerprint density at radius 3 is 2.32 bits per heavy atom. The highest BCUT2D eigenvalue weighted by Crippen LogP contribution is 2.15. The zero-order valence-electron chi connectivity index (χ0n) is 15.7. The number of hydrogen-bond acceptors (Lipinski definition) is 5. The van der Waals surface area contributed by atoms with Gasteiger partial charge in [0.05, 0.1) is 19.8 Å². The van der Waals surface area contributed by atoms with Gasteiger partial charge in [0, 0.05) is 31.0 Å². The zero-order chi connectivity index (χ0) is 19.8. The molecule has 1 aliphatic heterocycles. The number of rotatable bonds is 8. The number of carbonyl (C=O) groups excluding carboxylic acids is 1. The van der Waals surface area contributed by atoms with Crippen LogP contribution in [0.2, 0.25) is 0 Å². The number of ether oxygens (including phenoxy) is 1. The molecular weight excluding hydrogens is 358 g/mol. The number of hydrogen-bond donors (Lipinski definition) is 2. The maximum absolute atomic E-state index is 12.4. The van der Waals surface area contributed by atoms with E-state index in [1.165, 1.54) is 10.5 Å². The summed E-state index contributed by atoms with van der Waals surface area (Å²) in [7, 11) is 0. The molecule has 0 aromatic heterocycles. The Hall–Kier alpha value is -2.90. The van der Waals surface area contributed by atoms with E-state index in [2.05, 4.69) is 10.2 Å². The first-order valence-corrected chi connectivity index (χ1v) is 9.31. The van der Waals surface area contributed by atoms with E-state index in [1.807, 2.05) is 42.5 Å². The van der Waals surface area contributed by atoms with Crippen LogP contribution in [0.5, 0.6) is 0 Å². The lowest BCUT2D eigenvalue weighted by Crippen LogP contribution is -2.37. The predicted molar refractivity (Wildman–Crippen MR) is 107 cm³/mol. The Labute approximate surface area is 164 Å². The van der Waals surface area contributed by atoms with Crippen LogP contribution in [0, 0.1) is 0 Å². The first kappa shape index (κ1) is 19.9. The number of aliphatic carboxylic acids is 1. The molecule has 1 saturated heterocycles. The van der Waals surface area contributed by atoms with Gasteiger partial charge in [-0.3, -0.25) is 14.5 Å². The summed E-state index contributed by atoms with van der Waals surface area (Å²) < 4.78 is 5.36. The first-order chi connectivity index (χ1) is 13.6. The van der Waals surface area contributed by atoms with E-state index in [0.717, 1.165) is 32.8 Å². The fourth-order valence-electron chi connectivity index (χ4n) is 3.13. The average Bonchev–Trinajstić information content (AvgIpc) is 2.70. The van der Waals surface area contributed by atoms with Crippen molar-refractivity contribution in [2.75, 3.05) is 49.6 Å². The number of benzene rings is 2. The van der Waals surface area contributed by atoms with Crippen molar-refractivity contribution in [1.29, 1.82) is 0 Å². The van der Waals surface area contributed by atoms with Crippen LogP contribution in [-0.4, -0.2) is 61.3 Å². The van der Waals surface area contributed by atoms with Crippen molar-refractivity contribution in [3.8, 4) is 0 Å². The minimum absolute atomic E-state index is 0.0359. The van der Waals surface area contributed by atoms with Crippen LogP contribution in [0.15, 0.2) is 54.6 Å². The number of amides is 1. The van der Waals surface area contributed by atoms with Crippen molar-refractivity contribution in [2.24, 2.45) is 0 Å². The number of nitrogens with zero attached hydrogens (tertiary/aromatic N) is 2. The summed E-state index contributed by atoms with van der Waals surface area (Å²) in [6.45, 7) is 3.97. The van der Waals surface area contributed by atoms with Crippen molar-refractivity contribution in [2.45, 2.75) is 6.54 Å². The topological polar surface area (TPSA) is 82.1 Å². The summed E-state index contributed by atoms with van der Waals surface area (Å²) in [6.07, 6.45) is 0. The summed E-state index contributed by atoms with van der Waals surface area (Å²) in [6, 6.07) is 16.8. The third kappa shape index (κ3) is 6.07. The molecule has 0 bridgehead atoms. The number of carboxylic acid groups (broad SMARTS) is 1. The van der Waals surface area contributed by atoms with Crippen LogP contribution in [0.4, 0.5) is 11.4 Å². The van der Waals surface area contributed by atoms with Gasteiger partial charge < -0.3 is 20.1 Å². The Morgan fingerprint density at radius 2 is 1.68 bits per heavy atom. The maximum atomic E-state index is 12.4. The number of anilines is 2. The number of carboxylic acids is 1. The maximum Gasteiger partial charge on any atom is 0.323 e. The first-order valence-electron chi connectivity index (χ1n) is 9.31. The van der Waals surface area contributed by atoms with Gasteiger partial charge >= 0.3 is 5.97 Å². The van der Waals surface area contributed by atoms with E-state index < -0.39 is 5.97 Å². The van der Waals surface area contributed by atoms with Crippen LogP contribution in [0.1, 0.15) is 5.56 Å². The van der Waals surface area contributed by atoms with Crippen molar-refractivity contribution in [3.63, 3.8) is 0 Å². The second-order valence-electron chi connectivity index (χ2n) is 6.72. The van der Waals surface area contributed by atoms with E-state index in [4.69, 9.17) is 9.84 Å². The summed E-state index contributed by atoms with van der Waals surface area (Å²) in [4.78, 5) is 27.4. The van der Waals surface area contributed by atoms with Crippen LogP contribution in [0.25, 0.3) is 0 Å². The fourth-order valence-corrected chi connectivity index (χ4v) is 3.13. The van der Waals surface area contributed by atoms with Crippen LogP contribution in [-0.2, 0) is 20.9 Å².